The Morgan fingerprint density at radius 3 is 2.89 bits per heavy atom. The third-order valence-corrected chi connectivity index (χ3v) is 3.82. The van der Waals surface area contributed by atoms with Gasteiger partial charge in [-0.2, -0.15) is 0 Å². The first-order chi connectivity index (χ1) is 9.11. The van der Waals surface area contributed by atoms with Gasteiger partial charge in [-0.05, 0) is 31.0 Å². The van der Waals surface area contributed by atoms with Crippen LogP contribution in [0, 0.1) is 6.92 Å². The molecule has 0 fully saturated rings. The molecule has 5 heteroatoms. The van der Waals surface area contributed by atoms with Gasteiger partial charge in [0.05, 0.1) is 6.04 Å². The highest BCUT2D eigenvalue weighted by Crippen LogP contribution is 2.21. The van der Waals surface area contributed by atoms with Crippen molar-refractivity contribution in [2.75, 3.05) is 0 Å². The van der Waals surface area contributed by atoms with E-state index in [1.54, 1.807) is 25.3 Å². The molecule has 4 nitrogen and oxygen atoms in total. The average molecular weight is 276 g/mol. The van der Waals surface area contributed by atoms with E-state index in [4.69, 9.17) is 0 Å². The molecular weight excluding hydrogens is 260 g/mol. The van der Waals surface area contributed by atoms with E-state index in [-0.39, 0.29) is 17.7 Å². The normalized spacial score (nSPS) is 12.1. The fourth-order valence-corrected chi connectivity index (χ4v) is 2.51. The molecule has 0 radical (unpaired) electrons. The number of benzene rings is 1. The van der Waals surface area contributed by atoms with Gasteiger partial charge in [-0.1, -0.05) is 13.0 Å². The van der Waals surface area contributed by atoms with Gasteiger partial charge in [0.1, 0.15) is 10.8 Å². The molecule has 1 aromatic carbocycles. The third-order valence-electron chi connectivity index (χ3n) is 2.93. The highest BCUT2D eigenvalue weighted by molar-refractivity contribution is 7.09. The van der Waals surface area contributed by atoms with Crippen LogP contribution in [-0.2, 0) is 0 Å². The van der Waals surface area contributed by atoms with E-state index in [0.29, 0.717) is 5.56 Å². The molecule has 2 aromatic rings. The summed E-state index contributed by atoms with van der Waals surface area (Å²) in [6.45, 7) is 3.79. The summed E-state index contributed by atoms with van der Waals surface area (Å²) in [7, 11) is 0. The summed E-state index contributed by atoms with van der Waals surface area (Å²) in [5, 5.41) is 15.4. The van der Waals surface area contributed by atoms with E-state index in [1.165, 1.54) is 17.4 Å². The van der Waals surface area contributed by atoms with E-state index in [1.807, 2.05) is 12.3 Å². The van der Waals surface area contributed by atoms with Gasteiger partial charge in [0.2, 0.25) is 0 Å². The van der Waals surface area contributed by atoms with Gasteiger partial charge >= 0.3 is 0 Å². The van der Waals surface area contributed by atoms with Crippen LogP contribution in [-0.4, -0.2) is 16.0 Å². The van der Waals surface area contributed by atoms with Crippen molar-refractivity contribution < 1.29 is 9.90 Å². The molecule has 1 aromatic heterocycles. The van der Waals surface area contributed by atoms with Gasteiger partial charge in [-0.3, -0.25) is 4.79 Å². The molecule has 0 saturated carbocycles. The standard InChI is InChI=1S/C14H16N2O2S/c1-3-11(14-15-6-7-19-14)16-13(18)10-5-4-9(2)12(17)8-10/h4-8,11,17H,3H2,1-2H3,(H,16,18). The number of amides is 1. The minimum atomic E-state index is -0.197. The monoisotopic (exact) mass is 276 g/mol. The maximum atomic E-state index is 12.1. The molecule has 0 spiro atoms. The molecule has 1 atom stereocenters. The summed E-state index contributed by atoms with van der Waals surface area (Å²) in [5.41, 5.74) is 1.21. The number of nitrogens with zero attached hydrogens (tertiary/aromatic N) is 1. The van der Waals surface area contributed by atoms with E-state index in [2.05, 4.69) is 10.3 Å². The van der Waals surface area contributed by atoms with Crippen LogP contribution in [0.1, 0.15) is 40.3 Å². The number of hydrogen-bond acceptors (Lipinski definition) is 4. The van der Waals surface area contributed by atoms with Crippen molar-refractivity contribution in [3.63, 3.8) is 0 Å². The molecule has 19 heavy (non-hydrogen) atoms. The van der Waals surface area contributed by atoms with Crippen LogP contribution in [0.5, 0.6) is 5.75 Å². The maximum Gasteiger partial charge on any atom is 0.251 e. The summed E-state index contributed by atoms with van der Waals surface area (Å²) in [4.78, 5) is 16.3. The van der Waals surface area contributed by atoms with Gasteiger partial charge in [0.25, 0.3) is 5.91 Å². The lowest BCUT2D eigenvalue weighted by Crippen LogP contribution is -2.28. The van der Waals surface area contributed by atoms with Gasteiger partial charge in [-0.25, -0.2) is 4.98 Å². The molecule has 100 valence electrons. The first kappa shape index (κ1) is 13.5. The molecule has 2 rings (SSSR count). The van der Waals surface area contributed by atoms with Crippen molar-refractivity contribution >= 4 is 17.2 Å². The first-order valence-corrected chi connectivity index (χ1v) is 6.99. The molecule has 0 saturated heterocycles. The Bertz CT molecular complexity index is 567. The summed E-state index contributed by atoms with van der Waals surface area (Å²) < 4.78 is 0. The van der Waals surface area contributed by atoms with Crippen molar-refractivity contribution in [1.82, 2.24) is 10.3 Å². The molecule has 0 aliphatic heterocycles. The Balaban J connectivity index is 2.13. The zero-order valence-electron chi connectivity index (χ0n) is 10.9. The van der Waals surface area contributed by atoms with Crippen LogP contribution in [0.2, 0.25) is 0 Å². The Morgan fingerprint density at radius 1 is 1.53 bits per heavy atom. The molecule has 0 bridgehead atoms. The van der Waals surface area contributed by atoms with Crippen LogP contribution >= 0.6 is 11.3 Å². The Labute approximate surface area is 116 Å². The second-order valence-corrected chi connectivity index (χ2v) is 5.23. The number of nitrogens with one attached hydrogen (secondary N) is 1. The van der Waals surface area contributed by atoms with Crippen molar-refractivity contribution in [2.24, 2.45) is 0 Å². The van der Waals surface area contributed by atoms with Gasteiger partial charge in [-0.15, -0.1) is 11.3 Å². The van der Waals surface area contributed by atoms with E-state index >= 15 is 0 Å². The zero-order chi connectivity index (χ0) is 13.8. The number of aromatic hydroxyl groups is 1. The number of hydrogen-bond donors (Lipinski definition) is 2. The van der Waals surface area contributed by atoms with Crippen molar-refractivity contribution in [1.29, 1.82) is 0 Å². The summed E-state index contributed by atoms with van der Waals surface area (Å²) in [5.74, 6) is -0.0627. The van der Waals surface area contributed by atoms with E-state index < -0.39 is 0 Å². The van der Waals surface area contributed by atoms with Gasteiger partial charge in [0.15, 0.2) is 0 Å². The number of aryl methyl sites for hydroxylation is 1. The smallest absolute Gasteiger partial charge is 0.251 e. The predicted molar refractivity (Wildman–Crippen MR) is 75.5 cm³/mol. The highest BCUT2D eigenvalue weighted by atomic mass is 32.1. The molecule has 2 N–H and O–H groups in total. The zero-order valence-corrected chi connectivity index (χ0v) is 11.7. The predicted octanol–water partition coefficient (Wildman–Crippen LogP) is 3.04. The lowest BCUT2D eigenvalue weighted by molar-refractivity contribution is 0.0935. The molecule has 1 heterocycles. The number of phenolic OH excluding ortho intramolecular Hbond substituents is 1. The quantitative estimate of drug-likeness (QED) is 0.902. The van der Waals surface area contributed by atoms with Crippen molar-refractivity contribution in [2.45, 2.75) is 26.3 Å². The number of carbonyl (C=O) groups excluding carboxylic acids is 1. The molecule has 0 aliphatic rings. The van der Waals surface area contributed by atoms with Crippen molar-refractivity contribution in [3.05, 3.63) is 45.9 Å². The van der Waals surface area contributed by atoms with E-state index in [0.717, 1.165) is 17.0 Å². The topological polar surface area (TPSA) is 62.2 Å². The summed E-state index contributed by atoms with van der Waals surface area (Å²) in [6, 6.07) is 4.84. The second-order valence-electron chi connectivity index (χ2n) is 4.31. The van der Waals surface area contributed by atoms with Gasteiger partial charge in [0, 0.05) is 17.1 Å². The van der Waals surface area contributed by atoms with Crippen LogP contribution in [0.25, 0.3) is 0 Å². The number of carbonyl (C=O) groups is 1. The first-order valence-electron chi connectivity index (χ1n) is 6.11. The van der Waals surface area contributed by atoms with Crippen molar-refractivity contribution in [3.8, 4) is 5.75 Å². The number of thiazole rings is 1. The van der Waals surface area contributed by atoms with Gasteiger partial charge < -0.3 is 10.4 Å². The highest BCUT2D eigenvalue weighted by Gasteiger charge is 2.16. The summed E-state index contributed by atoms with van der Waals surface area (Å²) >= 11 is 1.52. The maximum absolute atomic E-state index is 12.1. The van der Waals surface area contributed by atoms with Crippen LogP contribution in [0.15, 0.2) is 29.8 Å². The minimum absolute atomic E-state index is 0.0871. The van der Waals surface area contributed by atoms with Crippen LogP contribution < -0.4 is 5.32 Å². The minimum Gasteiger partial charge on any atom is -0.508 e. The SMILES string of the molecule is CCC(NC(=O)c1ccc(C)c(O)c1)c1nccs1. The second kappa shape index (κ2) is 5.84. The Hall–Kier alpha value is -1.88. The molecule has 1 amide bonds. The average Bonchev–Trinajstić information content (AvgIpc) is 2.92. The van der Waals surface area contributed by atoms with E-state index in [9.17, 15) is 9.90 Å². The largest absolute Gasteiger partial charge is 0.508 e. The lowest BCUT2D eigenvalue weighted by atomic mass is 10.1. The number of phenols is 1. The number of rotatable bonds is 4. The third kappa shape index (κ3) is 3.12. The molecular formula is C14H16N2O2S. The molecule has 1 unspecified atom stereocenters. The van der Waals surface area contributed by atoms with Crippen LogP contribution in [0.4, 0.5) is 0 Å². The molecule has 0 aliphatic carbocycles. The lowest BCUT2D eigenvalue weighted by Gasteiger charge is -2.14. The van der Waals surface area contributed by atoms with Crippen LogP contribution in [0.3, 0.4) is 0 Å². The fraction of sp³-hybridized carbons (Fsp3) is 0.286. The Kier molecular flexibility index (Phi) is 4.16. The fourth-order valence-electron chi connectivity index (χ4n) is 1.74. The number of aromatic nitrogens is 1. The Morgan fingerprint density at radius 2 is 2.32 bits per heavy atom. The summed E-state index contributed by atoms with van der Waals surface area (Å²) in [6.07, 6.45) is 2.50.